The Kier molecular flexibility index (Phi) is 6.49. The maximum Gasteiger partial charge on any atom is 0.450 e. The number of alkyl halides is 3. The Balaban J connectivity index is 3.21. The SMILES string of the molecule is CCO/C(=C(\C#CCO)Sc1ccccc1)C(F)(F)F. The van der Waals surface area contributed by atoms with E-state index in [0.29, 0.717) is 4.90 Å². The molecule has 1 N–H and O–H groups in total. The van der Waals surface area contributed by atoms with E-state index in [9.17, 15) is 13.2 Å². The summed E-state index contributed by atoms with van der Waals surface area (Å²) in [6.45, 7) is 0.834. The number of aliphatic hydroxyl groups excluding tert-OH is 1. The topological polar surface area (TPSA) is 29.5 Å². The highest BCUT2D eigenvalue weighted by atomic mass is 32.2. The lowest BCUT2D eigenvalue weighted by molar-refractivity contribution is -0.130. The third kappa shape index (κ3) is 5.19. The Bertz CT molecular complexity index is 513. The van der Waals surface area contributed by atoms with Gasteiger partial charge in [0.2, 0.25) is 5.76 Å². The first-order chi connectivity index (χ1) is 9.49. The second-order valence-electron chi connectivity index (χ2n) is 3.46. The molecular formula is C14H13F3O2S. The van der Waals surface area contributed by atoms with E-state index in [2.05, 4.69) is 16.6 Å². The zero-order valence-corrected chi connectivity index (χ0v) is 11.5. The second kappa shape index (κ2) is 7.88. The van der Waals surface area contributed by atoms with Crippen LogP contribution >= 0.6 is 11.8 Å². The molecule has 0 fully saturated rings. The Morgan fingerprint density at radius 2 is 1.95 bits per heavy atom. The van der Waals surface area contributed by atoms with E-state index < -0.39 is 18.5 Å². The largest absolute Gasteiger partial charge is 0.488 e. The normalized spacial score (nSPS) is 12.2. The number of allylic oxidation sites excluding steroid dienone is 2. The number of rotatable bonds is 4. The van der Waals surface area contributed by atoms with Crippen molar-refractivity contribution in [3.63, 3.8) is 0 Å². The molecule has 2 nitrogen and oxygen atoms in total. The van der Waals surface area contributed by atoms with Gasteiger partial charge >= 0.3 is 6.18 Å². The highest BCUT2D eigenvalue weighted by molar-refractivity contribution is 8.03. The van der Waals surface area contributed by atoms with Crippen LogP contribution in [-0.2, 0) is 4.74 Å². The van der Waals surface area contributed by atoms with E-state index >= 15 is 0 Å². The fourth-order valence-corrected chi connectivity index (χ4v) is 2.19. The van der Waals surface area contributed by atoms with E-state index in [-0.39, 0.29) is 11.5 Å². The molecule has 0 saturated heterocycles. The van der Waals surface area contributed by atoms with Crippen LogP contribution in [0.2, 0.25) is 0 Å². The van der Waals surface area contributed by atoms with Crippen LogP contribution in [0.25, 0.3) is 0 Å². The van der Waals surface area contributed by atoms with E-state index in [1.807, 2.05) is 0 Å². The minimum atomic E-state index is -4.63. The second-order valence-corrected chi connectivity index (χ2v) is 4.55. The van der Waals surface area contributed by atoms with Crippen LogP contribution in [0.3, 0.4) is 0 Å². The molecule has 1 aromatic carbocycles. The summed E-state index contributed by atoms with van der Waals surface area (Å²) in [5.41, 5.74) is 0. The fraction of sp³-hybridized carbons (Fsp3) is 0.286. The molecule has 0 heterocycles. The summed E-state index contributed by atoms with van der Waals surface area (Å²) in [5.74, 6) is 3.40. The zero-order chi connectivity index (χ0) is 15.0. The molecule has 0 aliphatic rings. The Hall–Kier alpha value is -1.58. The lowest BCUT2D eigenvalue weighted by atomic mass is 10.4. The molecule has 1 rings (SSSR count). The molecule has 6 heteroatoms. The minimum Gasteiger partial charge on any atom is -0.488 e. The monoisotopic (exact) mass is 302 g/mol. The van der Waals surface area contributed by atoms with Gasteiger partial charge < -0.3 is 9.84 Å². The standard InChI is InChI=1S/C14H13F3O2S/c1-2-19-13(14(15,16)17)12(9-6-10-18)20-11-7-4-3-5-8-11/h3-5,7-8,18H,2,10H2,1H3/b13-12+. The molecule has 1 aromatic rings. The lowest BCUT2D eigenvalue weighted by Crippen LogP contribution is -2.16. The number of benzene rings is 1. The van der Waals surface area contributed by atoms with Crippen LogP contribution in [-0.4, -0.2) is 24.5 Å². The molecule has 0 aromatic heterocycles. The van der Waals surface area contributed by atoms with Crippen LogP contribution in [0.5, 0.6) is 0 Å². The molecule has 0 spiro atoms. The Labute approximate surface area is 119 Å². The molecule has 0 amide bonds. The van der Waals surface area contributed by atoms with Gasteiger partial charge in [0.05, 0.1) is 6.61 Å². The van der Waals surface area contributed by atoms with Crippen molar-refractivity contribution >= 4 is 11.8 Å². The highest BCUT2D eigenvalue weighted by Gasteiger charge is 2.38. The fourth-order valence-electron chi connectivity index (χ4n) is 1.28. The summed E-state index contributed by atoms with van der Waals surface area (Å²) in [6, 6.07) is 8.54. The Morgan fingerprint density at radius 1 is 1.30 bits per heavy atom. The average molecular weight is 302 g/mol. The molecule has 0 unspecified atom stereocenters. The third-order valence-electron chi connectivity index (χ3n) is 2.00. The summed E-state index contributed by atoms with van der Waals surface area (Å²) in [7, 11) is 0. The van der Waals surface area contributed by atoms with Crippen LogP contribution in [0.15, 0.2) is 45.9 Å². The van der Waals surface area contributed by atoms with E-state index in [1.165, 1.54) is 6.92 Å². The van der Waals surface area contributed by atoms with Gasteiger partial charge in [0, 0.05) is 4.90 Å². The molecule has 0 bridgehead atoms. The molecule has 0 saturated carbocycles. The minimum absolute atomic E-state index is 0.117. The molecule has 0 radical (unpaired) electrons. The van der Waals surface area contributed by atoms with Gasteiger partial charge in [-0.2, -0.15) is 13.2 Å². The quantitative estimate of drug-likeness (QED) is 0.524. The van der Waals surface area contributed by atoms with Gasteiger partial charge in [0.15, 0.2) is 0 Å². The van der Waals surface area contributed by atoms with Crippen molar-refractivity contribution < 1.29 is 23.0 Å². The number of ether oxygens (including phenoxy) is 1. The maximum atomic E-state index is 13.0. The molecule has 0 aliphatic heterocycles. The molecule has 0 aliphatic carbocycles. The smallest absolute Gasteiger partial charge is 0.450 e. The van der Waals surface area contributed by atoms with E-state index in [1.54, 1.807) is 30.3 Å². The average Bonchev–Trinajstić information content (AvgIpc) is 2.41. The van der Waals surface area contributed by atoms with Gasteiger partial charge in [-0.1, -0.05) is 41.8 Å². The number of aliphatic hydroxyl groups is 1. The molecule has 20 heavy (non-hydrogen) atoms. The number of hydrogen-bond acceptors (Lipinski definition) is 3. The van der Waals surface area contributed by atoms with Crippen molar-refractivity contribution in [1.29, 1.82) is 0 Å². The predicted octanol–water partition coefficient (Wildman–Crippen LogP) is 3.58. The lowest BCUT2D eigenvalue weighted by Gasteiger charge is -2.14. The van der Waals surface area contributed by atoms with E-state index in [4.69, 9.17) is 5.11 Å². The van der Waals surface area contributed by atoms with Crippen molar-refractivity contribution in [3.8, 4) is 11.8 Å². The summed E-state index contributed by atoms with van der Waals surface area (Å²) < 4.78 is 43.6. The number of hydrogen-bond donors (Lipinski definition) is 1. The molecular weight excluding hydrogens is 289 g/mol. The van der Waals surface area contributed by atoms with Crippen LogP contribution in [0.4, 0.5) is 13.2 Å². The summed E-state index contributed by atoms with van der Waals surface area (Å²) in [5, 5.41) is 8.67. The van der Waals surface area contributed by atoms with Crippen molar-refractivity contribution in [3.05, 3.63) is 41.0 Å². The van der Waals surface area contributed by atoms with Gasteiger partial charge in [-0.05, 0) is 19.1 Å². The summed E-state index contributed by atoms with van der Waals surface area (Å²) in [6.07, 6.45) is -4.63. The van der Waals surface area contributed by atoms with Crippen molar-refractivity contribution in [2.24, 2.45) is 0 Å². The predicted molar refractivity (Wildman–Crippen MR) is 71.9 cm³/mol. The number of halogens is 3. The third-order valence-corrected chi connectivity index (χ3v) is 3.00. The summed E-state index contributed by atoms with van der Waals surface area (Å²) >= 11 is 0.853. The first-order valence-electron chi connectivity index (χ1n) is 5.76. The van der Waals surface area contributed by atoms with Crippen molar-refractivity contribution in [2.45, 2.75) is 18.0 Å². The first kappa shape index (κ1) is 16.5. The molecule has 108 valence electrons. The van der Waals surface area contributed by atoms with Gasteiger partial charge in [-0.15, -0.1) is 0 Å². The zero-order valence-electron chi connectivity index (χ0n) is 10.7. The van der Waals surface area contributed by atoms with Crippen LogP contribution in [0.1, 0.15) is 6.92 Å². The van der Waals surface area contributed by atoms with Gasteiger partial charge in [-0.3, -0.25) is 0 Å². The van der Waals surface area contributed by atoms with Crippen molar-refractivity contribution in [1.82, 2.24) is 0 Å². The number of thioether (sulfide) groups is 1. The highest BCUT2D eigenvalue weighted by Crippen LogP contribution is 2.36. The summed E-state index contributed by atoms with van der Waals surface area (Å²) in [4.78, 5) is 0.343. The van der Waals surface area contributed by atoms with Gasteiger partial charge in [0.25, 0.3) is 0 Å². The van der Waals surface area contributed by atoms with Crippen LogP contribution < -0.4 is 0 Å². The Morgan fingerprint density at radius 3 is 2.45 bits per heavy atom. The van der Waals surface area contributed by atoms with Gasteiger partial charge in [-0.25, -0.2) is 0 Å². The first-order valence-corrected chi connectivity index (χ1v) is 6.57. The van der Waals surface area contributed by atoms with Crippen LogP contribution in [0, 0.1) is 11.8 Å². The van der Waals surface area contributed by atoms with Crippen molar-refractivity contribution in [2.75, 3.05) is 13.2 Å². The maximum absolute atomic E-state index is 13.0. The van der Waals surface area contributed by atoms with E-state index in [0.717, 1.165) is 11.8 Å². The van der Waals surface area contributed by atoms with Gasteiger partial charge in [0.1, 0.15) is 11.5 Å². The molecule has 0 atom stereocenters.